The van der Waals surface area contributed by atoms with Crippen molar-refractivity contribution < 1.29 is 4.74 Å². The van der Waals surface area contributed by atoms with E-state index in [2.05, 4.69) is 89.2 Å². The summed E-state index contributed by atoms with van der Waals surface area (Å²) in [5.74, 6) is 1.12. The maximum Gasteiger partial charge on any atom is 0.235 e. The molecule has 31 heavy (non-hydrogen) atoms. The van der Waals surface area contributed by atoms with Crippen LogP contribution in [0.4, 0.5) is 0 Å². The molecule has 0 fully saturated rings. The van der Waals surface area contributed by atoms with Crippen LogP contribution >= 0.6 is 8.20 Å². The minimum atomic E-state index is 0.203. The monoisotopic (exact) mass is 428 g/mol. The molecule has 0 unspecified atom stereocenters. The first-order chi connectivity index (χ1) is 14.9. The van der Waals surface area contributed by atoms with Crippen LogP contribution in [0.5, 0.6) is 0 Å². The smallest absolute Gasteiger partial charge is 0.235 e. The molecule has 4 rings (SSSR count). The maximum atomic E-state index is 5.90. The van der Waals surface area contributed by atoms with Crippen molar-refractivity contribution in [1.29, 1.82) is 0 Å². The third-order valence-corrected chi connectivity index (χ3v) is 7.20. The van der Waals surface area contributed by atoms with Crippen molar-refractivity contribution in [2.75, 3.05) is 6.61 Å². The number of nitrogens with zero attached hydrogens (tertiary/aromatic N) is 2. The fraction of sp³-hybridized carbons (Fsp3) is 0.296. The first kappa shape index (κ1) is 21.5. The van der Waals surface area contributed by atoms with Crippen LogP contribution in [0.3, 0.4) is 0 Å². The largest absolute Gasteiger partial charge is 0.474 e. The van der Waals surface area contributed by atoms with E-state index in [1.165, 1.54) is 32.9 Å². The molecule has 2 aromatic carbocycles. The van der Waals surface area contributed by atoms with Crippen LogP contribution in [0.15, 0.2) is 65.7 Å². The molecule has 158 valence electrons. The van der Waals surface area contributed by atoms with Gasteiger partial charge in [0, 0.05) is 10.6 Å². The molecular weight excluding hydrogens is 399 g/mol. The van der Waals surface area contributed by atoms with Gasteiger partial charge in [0.15, 0.2) is 0 Å². The molecule has 0 spiro atoms. The molecular formula is C27H29N2OP. The first-order valence-electron chi connectivity index (χ1n) is 10.8. The van der Waals surface area contributed by atoms with Crippen molar-refractivity contribution in [2.45, 2.75) is 40.7 Å². The number of rotatable bonds is 5. The second kappa shape index (κ2) is 9.16. The number of aromatic nitrogens is 1. The number of aliphatic imine (C=N–C) groups is 1. The summed E-state index contributed by atoms with van der Waals surface area (Å²) in [6.07, 6.45) is 0. The number of hydrogen-bond donors (Lipinski definition) is 0. The van der Waals surface area contributed by atoms with Gasteiger partial charge in [-0.15, -0.1) is 0 Å². The predicted octanol–water partition coefficient (Wildman–Crippen LogP) is 5.65. The SMILES string of the molecule is Cc1cc(C)c(P=C(c2ccccc2)c2cccc(C3=N[C@@H](C(C)C)CO3)n2)c(C)c1. The van der Waals surface area contributed by atoms with Gasteiger partial charge in [-0.25, -0.2) is 9.98 Å². The van der Waals surface area contributed by atoms with Crippen molar-refractivity contribution in [3.8, 4) is 0 Å². The van der Waals surface area contributed by atoms with E-state index < -0.39 is 0 Å². The predicted molar refractivity (Wildman–Crippen MR) is 132 cm³/mol. The molecule has 0 saturated heterocycles. The zero-order valence-electron chi connectivity index (χ0n) is 18.9. The minimum absolute atomic E-state index is 0.203. The van der Waals surface area contributed by atoms with Gasteiger partial charge in [-0.05, 0) is 55.5 Å². The van der Waals surface area contributed by atoms with E-state index in [4.69, 9.17) is 14.7 Å². The Bertz CT molecular complexity index is 1130. The number of pyridine rings is 1. The quantitative estimate of drug-likeness (QED) is 0.492. The van der Waals surface area contributed by atoms with Crippen molar-refractivity contribution in [3.63, 3.8) is 0 Å². The lowest BCUT2D eigenvalue weighted by atomic mass is 10.1. The Morgan fingerprint density at radius 3 is 2.32 bits per heavy atom. The van der Waals surface area contributed by atoms with E-state index in [0.717, 1.165) is 19.6 Å². The Morgan fingerprint density at radius 2 is 1.68 bits per heavy atom. The van der Waals surface area contributed by atoms with Crippen molar-refractivity contribution in [3.05, 3.63) is 94.3 Å². The van der Waals surface area contributed by atoms with Crippen LogP contribution in [0.1, 0.15) is 47.5 Å². The van der Waals surface area contributed by atoms with E-state index in [-0.39, 0.29) is 6.04 Å². The normalized spacial score (nSPS) is 16.4. The average molecular weight is 429 g/mol. The summed E-state index contributed by atoms with van der Waals surface area (Å²) in [5.41, 5.74) is 6.87. The van der Waals surface area contributed by atoms with E-state index >= 15 is 0 Å². The highest BCUT2D eigenvalue weighted by atomic mass is 31.1. The second-order valence-corrected chi connectivity index (χ2v) is 9.66. The van der Waals surface area contributed by atoms with Gasteiger partial charge < -0.3 is 4.74 Å². The fourth-order valence-corrected chi connectivity index (χ4v) is 5.11. The standard InChI is InChI=1S/C27H29N2OP/c1-17(2)24-16-30-27(29-24)23-13-9-12-22(28-23)26(21-10-7-6-8-11-21)31-25-19(4)14-18(3)15-20(25)5/h6-15,17,24H,16H2,1-5H3/t24-/m1/s1. The topological polar surface area (TPSA) is 34.5 Å². The van der Waals surface area contributed by atoms with Crippen LogP contribution in [0.2, 0.25) is 0 Å². The molecule has 2 heterocycles. The Kier molecular flexibility index (Phi) is 6.34. The molecule has 0 saturated carbocycles. The average Bonchev–Trinajstić information content (AvgIpc) is 3.25. The van der Waals surface area contributed by atoms with Crippen LogP contribution in [0.25, 0.3) is 0 Å². The number of aryl methyl sites for hydroxylation is 3. The van der Waals surface area contributed by atoms with Crippen molar-refractivity contribution in [2.24, 2.45) is 10.9 Å². The third kappa shape index (κ3) is 4.78. The van der Waals surface area contributed by atoms with Crippen molar-refractivity contribution >= 4 is 24.7 Å². The summed E-state index contributed by atoms with van der Waals surface area (Å²) >= 11 is 0. The Morgan fingerprint density at radius 1 is 0.968 bits per heavy atom. The minimum Gasteiger partial charge on any atom is -0.474 e. The van der Waals surface area contributed by atoms with Gasteiger partial charge >= 0.3 is 0 Å². The van der Waals surface area contributed by atoms with Gasteiger partial charge in [-0.3, -0.25) is 0 Å². The molecule has 1 aliphatic rings. The second-order valence-electron chi connectivity index (χ2n) is 8.54. The molecule has 3 aromatic rings. The third-order valence-electron chi connectivity index (χ3n) is 5.56. The van der Waals surface area contributed by atoms with Crippen LogP contribution in [-0.2, 0) is 4.74 Å². The Labute approximate surface area is 187 Å². The van der Waals surface area contributed by atoms with Crippen LogP contribution < -0.4 is 5.30 Å². The highest BCUT2D eigenvalue weighted by molar-refractivity contribution is 7.50. The summed E-state index contributed by atoms with van der Waals surface area (Å²) in [6, 6.07) is 21.4. The molecule has 1 aliphatic heterocycles. The fourth-order valence-electron chi connectivity index (χ4n) is 3.88. The summed E-state index contributed by atoms with van der Waals surface area (Å²) < 4.78 is 5.90. The molecule has 1 atom stereocenters. The van der Waals surface area contributed by atoms with Crippen molar-refractivity contribution in [1.82, 2.24) is 4.98 Å². The number of hydrogen-bond acceptors (Lipinski definition) is 3. The zero-order chi connectivity index (χ0) is 22.0. The summed E-state index contributed by atoms with van der Waals surface area (Å²) in [6.45, 7) is 11.5. The van der Waals surface area contributed by atoms with E-state index in [0.29, 0.717) is 18.4 Å². The summed E-state index contributed by atoms with van der Waals surface area (Å²) in [4.78, 5) is 9.77. The first-order valence-corrected chi connectivity index (χ1v) is 11.7. The van der Waals surface area contributed by atoms with Gasteiger partial charge in [0.2, 0.25) is 5.90 Å². The van der Waals surface area contributed by atoms with Crippen LogP contribution in [0, 0.1) is 26.7 Å². The molecule has 0 N–H and O–H groups in total. The molecule has 0 aliphatic carbocycles. The Hall–Kier alpha value is -2.77. The number of benzene rings is 2. The maximum absolute atomic E-state index is 5.90. The van der Waals surface area contributed by atoms with E-state index in [9.17, 15) is 0 Å². The lowest BCUT2D eigenvalue weighted by molar-refractivity contribution is 0.291. The molecule has 4 heteroatoms. The van der Waals surface area contributed by atoms with Gasteiger partial charge in [0.25, 0.3) is 0 Å². The zero-order valence-corrected chi connectivity index (χ0v) is 19.8. The molecule has 1 aromatic heterocycles. The Balaban J connectivity index is 1.82. The lowest BCUT2D eigenvalue weighted by Crippen LogP contribution is -2.13. The van der Waals surface area contributed by atoms with Gasteiger partial charge in [0.05, 0.1) is 11.7 Å². The summed E-state index contributed by atoms with van der Waals surface area (Å²) in [5, 5.41) is 2.53. The van der Waals surface area contributed by atoms with E-state index in [1.54, 1.807) is 0 Å². The lowest BCUT2D eigenvalue weighted by Gasteiger charge is -2.12. The highest BCUT2D eigenvalue weighted by Gasteiger charge is 2.24. The number of ether oxygens (including phenoxy) is 1. The molecule has 0 radical (unpaired) electrons. The molecule has 0 amide bonds. The van der Waals surface area contributed by atoms with Gasteiger partial charge in [-0.1, -0.05) is 76.1 Å². The van der Waals surface area contributed by atoms with Gasteiger partial charge in [-0.2, -0.15) is 0 Å². The molecule has 0 bridgehead atoms. The summed E-state index contributed by atoms with van der Waals surface area (Å²) in [7, 11) is 1.15. The highest BCUT2D eigenvalue weighted by Crippen LogP contribution is 2.22. The van der Waals surface area contributed by atoms with Gasteiger partial charge in [0.1, 0.15) is 12.3 Å². The van der Waals surface area contributed by atoms with E-state index in [1.807, 2.05) is 6.07 Å². The van der Waals surface area contributed by atoms with Crippen LogP contribution in [-0.4, -0.2) is 28.8 Å². The molecule has 3 nitrogen and oxygen atoms in total.